The Balaban J connectivity index is 1.33. The molecule has 1 fully saturated rings. The second kappa shape index (κ2) is 14.0. The summed E-state index contributed by atoms with van der Waals surface area (Å²) >= 11 is 0. The van der Waals surface area contributed by atoms with Gasteiger partial charge >= 0.3 is 5.97 Å². The van der Waals surface area contributed by atoms with E-state index >= 15 is 4.39 Å². The van der Waals surface area contributed by atoms with Gasteiger partial charge < -0.3 is 35.1 Å². The monoisotopic (exact) mass is 681 g/mol. The maximum Gasteiger partial charge on any atom is 0.341 e. The van der Waals surface area contributed by atoms with Gasteiger partial charge in [0.2, 0.25) is 0 Å². The molecule has 2 atom stereocenters. The van der Waals surface area contributed by atoms with Gasteiger partial charge in [0.25, 0.3) is 6.43 Å². The average molecular weight is 682 g/mol. The van der Waals surface area contributed by atoms with Gasteiger partial charge in [0.05, 0.1) is 48.7 Å². The van der Waals surface area contributed by atoms with Gasteiger partial charge in [-0.3, -0.25) is 9.97 Å². The molecule has 1 aliphatic rings. The van der Waals surface area contributed by atoms with Gasteiger partial charge in [-0.1, -0.05) is 0 Å². The number of fused-ring (bicyclic) bond motifs is 1. The van der Waals surface area contributed by atoms with Crippen LogP contribution in [0, 0.1) is 11.6 Å². The fraction of sp³-hybridized carbons (Fsp3) is 0.312. The first-order valence-electron chi connectivity index (χ1n) is 15.1. The van der Waals surface area contributed by atoms with Crippen molar-refractivity contribution in [3.63, 3.8) is 0 Å². The molecular formula is C32H31F4N9O4. The summed E-state index contributed by atoms with van der Waals surface area (Å²) in [7, 11) is 1.22. The molecule has 17 heteroatoms. The van der Waals surface area contributed by atoms with Crippen LogP contribution in [0.25, 0.3) is 22.4 Å². The predicted molar refractivity (Wildman–Crippen MR) is 169 cm³/mol. The van der Waals surface area contributed by atoms with Gasteiger partial charge in [-0.2, -0.15) is 0 Å². The number of nitrogens with one attached hydrogen (secondary N) is 1. The molecule has 4 N–H and O–H groups in total. The normalized spacial score (nSPS) is 16.9. The van der Waals surface area contributed by atoms with E-state index in [1.807, 2.05) is 0 Å². The van der Waals surface area contributed by atoms with E-state index in [0.717, 1.165) is 12.1 Å². The average Bonchev–Trinajstić information content (AvgIpc) is 3.52. The molecule has 0 spiro atoms. The predicted octanol–water partition coefficient (Wildman–Crippen LogP) is 3.77. The molecule has 13 nitrogen and oxygen atoms in total. The van der Waals surface area contributed by atoms with Crippen LogP contribution in [0.2, 0.25) is 0 Å². The number of pyridine rings is 2. The van der Waals surface area contributed by atoms with Crippen molar-refractivity contribution in [3.8, 4) is 17.0 Å². The number of halogens is 4. The Morgan fingerprint density at radius 3 is 2.73 bits per heavy atom. The number of imidazole rings is 1. The number of nitrogens with two attached hydrogens (primary N) is 1. The van der Waals surface area contributed by atoms with Crippen LogP contribution >= 0.6 is 0 Å². The summed E-state index contributed by atoms with van der Waals surface area (Å²) in [4.78, 5) is 35.4. The van der Waals surface area contributed by atoms with E-state index in [4.69, 9.17) is 15.2 Å². The highest BCUT2D eigenvalue weighted by Crippen LogP contribution is 2.35. The number of aromatic nitrogens is 6. The zero-order chi connectivity index (χ0) is 34.7. The van der Waals surface area contributed by atoms with Gasteiger partial charge in [-0.25, -0.2) is 37.3 Å². The minimum atomic E-state index is -3.04. The van der Waals surface area contributed by atoms with Crippen LogP contribution in [0.15, 0.2) is 61.6 Å². The molecule has 49 heavy (non-hydrogen) atoms. The number of esters is 1. The second-order valence-electron chi connectivity index (χ2n) is 11.5. The molecule has 0 bridgehead atoms. The second-order valence-corrected chi connectivity index (χ2v) is 11.5. The van der Waals surface area contributed by atoms with Crippen molar-refractivity contribution in [2.24, 2.45) is 5.73 Å². The van der Waals surface area contributed by atoms with Crippen molar-refractivity contribution in [2.75, 3.05) is 37.1 Å². The number of carbonyl (C=O) groups is 1. The number of rotatable bonds is 11. The molecule has 1 saturated heterocycles. The molecule has 0 unspecified atom stereocenters. The van der Waals surface area contributed by atoms with E-state index in [9.17, 15) is 23.1 Å². The lowest BCUT2D eigenvalue weighted by Crippen LogP contribution is -2.63. The number of carbonyl (C=O) groups excluding carboxylic acids is 1. The number of ether oxygens (including phenoxy) is 2. The van der Waals surface area contributed by atoms with Crippen molar-refractivity contribution >= 4 is 28.6 Å². The van der Waals surface area contributed by atoms with Crippen LogP contribution in [0.3, 0.4) is 0 Å². The first-order chi connectivity index (χ1) is 23.6. The Labute approximate surface area is 276 Å². The first kappa shape index (κ1) is 33.5. The standard InChI is InChI=1S/C32H31F4N9O4/c1-48-25-10-21(33)20(9-22(25)34)23-8-19(24(12-39-23)44-7-3-5-32(37,14-44)27(46)28(35)36)13-45-16-42-26-29(40-15-41-30(26)45)43-17-49-31(47)18-4-2-6-38-11-18/h2,4,6,8-12,15-16,27-28,46H,3,5,7,13-14,17,37H2,1H3,(H,40,41,43)/t27-,32-/m1/s1. The van der Waals surface area contributed by atoms with Crippen molar-refractivity contribution in [2.45, 2.75) is 37.5 Å². The number of hydrogen-bond acceptors (Lipinski definition) is 12. The first-order valence-corrected chi connectivity index (χ1v) is 15.1. The molecular weight excluding hydrogens is 650 g/mol. The molecule has 0 saturated carbocycles. The summed E-state index contributed by atoms with van der Waals surface area (Å²) in [5.41, 5.74) is 6.67. The van der Waals surface area contributed by atoms with E-state index in [-0.39, 0.29) is 54.6 Å². The fourth-order valence-electron chi connectivity index (χ4n) is 5.79. The van der Waals surface area contributed by atoms with Crippen LogP contribution in [-0.4, -0.2) is 85.6 Å². The number of hydrogen-bond donors (Lipinski definition) is 3. The molecule has 6 rings (SSSR count). The molecule has 0 amide bonds. The summed E-state index contributed by atoms with van der Waals surface area (Å²) in [6, 6.07) is 6.63. The van der Waals surface area contributed by atoms with Crippen LogP contribution < -0.4 is 20.7 Å². The van der Waals surface area contributed by atoms with Crippen LogP contribution in [-0.2, 0) is 11.3 Å². The molecule has 1 aliphatic heterocycles. The summed E-state index contributed by atoms with van der Waals surface area (Å²) in [6.45, 7) is 0.137. The van der Waals surface area contributed by atoms with E-state index in [1.165, 1.54) is 38.4 Å². The Bertz CT molecular complexity index is 1970. The molecule has 1 aromatic carbocycles. The van der Waals surface area contributed by atoms with Crippen molar-refractivity contribution in [1.29, 1.82) is 0 Å². The molecule has 4 aromatic heterocycles. The Hall–Kier alpha value is -5.42. The quantitative estimate of drug-likeness (QED) is 0.105. The third-order valence-corrected chi connectivity index (χ3v) is 8.29. The summed E-state index contributed by atoms with van der Waals surface area (Å²) in [5, 5.41) is 13.2. The molecule has 256 valence electrons. The van der Waals surface area contributed by atoms with Gasteiger partial charge in [0.15, 0.2) is 35.3 Å². The number of anilines is 2. The fourth-order valence-corrected chi connectivity index (χ4v) is 5.79. The highest BCUT2D eigenvalue weighted by molar-refractivity contribution is 5.89. The summed E-state index contributed by atoms with van der Waals surface area (Å²) in [5.74, 6) is -2.15. The van der Waals surface area contributed by atoms with Crippen molar-refractivity contribution in [1.82, 2.24) is 29.5 Å². The number of methoxy groups -OCH3 is 1. The van der Waals surface area contributed by atoms with Gasteiger partial charge in [0.1, 0.15) is 18.2 Å². The zero-order valence-corrected chi connectivity index (χ0v) is 26.1. The lowest BCUT2D eigenvalue weighted by Gasteiger charge is -2.44. The van der Waals surface area contributed by atoms with E-state index < -0.39 is 35.7 Å². The SMILES string of the molecule is COc1cc(F)c(-c2cc(Cn3cnc4c(NCOC(=O)c5cccnc5)ncnc43)c(N3CCC[C@](N)([C@H](O)C(F)F)C3)cn2)cc1F. The summed E-state index contributed by atoms with van der Waals surface area (Å²) < 4.78 is 68.8. The molecule has 0 aliphatic carbocycles. The number of piperidine rings is 1. The minimum absolute atomic E-state index is 0.0690. The lowest BCUT2D eigenvalue weighted by molar-refractivity contribution is -0.0529. The maximum absolute atomic E-state index is 15.1. The number of alkyl halides is 2. The number of benzene rings is 1. The van der Waals surface area contributed by atoms with E-state index in [0.29, 0.717) is 35.4 Å². The highest BCUT2D eigenvalue weighted by Gasteiger charge is 2.43. The number of aliphatic hydroxyl groups excluding tert-OH is 1. The lowest BCUT2D eigenvalue weighted by atomic mass is 9.84. The van der Waals surface area contributed by atoms with Crippen LogP contribution in [0.4, 0.5) is 29.1 Å². The Morgan fingerprint density at radius 1 is 1.14 bits per heavy atom. The van der Waals surface area contributed by atoms with Crippen LogP contribution in [0.1, 0.15) is 28.8 Å². The third kappa shape index (κ3) is 6.93. The molecule has 5 heterocycles. The van der Waals surface area contributed by atoms with Gasteiger partial charge in [-0.05, 0) is 42.7 Å². The third-order valence-electron chi connectivity index (χ3n) is 8.29. The smallest absolute Gasteiger partial charge is 0.341 e. The minimum Gasteiger partial charge on any atom is -0.494 e. The van der Waals surface area contributed by atoms with Gasteiger partial charge in [0, 0.05) is 37.1 Å². The zero-order valence-electron chi connectivity index (χ0n) is 26.1. The number of nitrogens with zero attached hydrogens (tertiary/aromatic N) is 7. The Kier molecular flexibility index (Phi) is 9.55. The van der Waals surface area contributed by atoms with Gasteiger partial charge in [-0.15, -0.1) is 0 Å². The molecule has 5 aromatic rings. The topological polar surface area (TPSA) is 166 Å². The molecule has 0 radical (unpaired) electrons. The van der Waals surface area contributed by atoms with E-state index in [1.54, 1.807) is 27.7 Å². The Morgan fingerprint density at radius 2 is 1.98 bits per heavy atom. The van der Waals surface area contributed by atoms with Crippen molar-refractivity contribution in [3.05, 3.63) is 84.3 Å². The summed E-state index contributed by atoms with van der Waals surface area (Å²) in [6.07, 6.45) is 2.60. The largest absolute Gasteiger partial charge is 0.494 e. The van der Waals surface area contributed by atoms with Crippen LogP contribution in [0.5, 0.6) is 5.75 Å². The number of aliphatic hydroxyl groups is 1. The van der Waals surface area contributed by atoms with E-state index in [2.05, 4.69) is 30.2 Å². The van der Waals surface area contributed by atoms with Crippen molar-refractivity contribution < 1.29 is 36.9 Å². The highest BCUT2D eigenvalue weighted by atomic mass is 19.3. The maximum atomic E-state index is 15.1.